The monoisotopic (exact) mass is 245 g/mol. The summed E-state index contributed by atoms with van der Waals surface area (Å²) in [5.74, 6) is 0.894. The number of anilines is 1. The van der Waals surface area contributed by atoms with Crippen molar-refractivity contribution in [3.8, 4) is 0 Å². The van der Waals surface area contributed by atoms with E-state index in [0.717, 1.165) is 18.2 Å². The highest BCUT2D eigenvalue weighted by Crippen LogP contribution is 2.32. The van der Waals surface area contributed by atoms with Crippen molar-refractivity contribution in [1.82, 2.24) is 0 Å². The molecule has 0 atom stereocenters. The van der Waals surface area contributed by atoms with Crippen LogP contribution >= 0.6 is 0 Å². The van der Waals surface area contributed by atoms with Crippen molar-refractivity contribution in [2.45, 2.75) is 46.1 Å². The van der Waals surface area contributed by atoms with Crippen LogP contribution in [0, 0.1) is 5.92 Å². The van der Waals surface area contributed by atoms with Crippen molar-refractivity contribution >= 4 is 11.5 Å². The first-order valence-electron chi connectivity index (χ1n) is 7.01. The van der Waals surface area contributed by atoms with Crippen molar-refractivity contribution < 1.29 is 4.79 Å². The van der Waals surface area contributed by atoms with Gasteiger partial charge in [0, 0.05) is 30.3 Å². The molecule has 0 saturated heterocycles. The molecule has 0 radical (unpaired) electrons. The molecule has 0 aromatic heterocycles. The number of nitrogens with zero attached hydrogens (tertiary/aromatic N) is 1. The molecule has 0 amide bonds. The van der Waals surface area contributed by atoms with Crippen LogP contribution in [0.5, 0.6) is 0 Å². The zero-order valence-electron chi connectivity index (χ0n) is 11.6. The van der Waals surface area contributed by atoms with Crippen molar-refractivity contribution in [1.29, 1.82) is 0 Å². The maximum Gasteiger partial charge on any atom is 0.162 e. The largest absolute Gasteiger partial charge is 0.368 e. The van der Waals surface area contributed by atoms with E-state index in [9.17, 15) is 4.79 Å². The van der Waals surface area contributed by atoms with Crippen molar-refractivity contribution in [3.63, 3.8) is 0 Å². The lowest BCUT2D eigenvalue weighted by Gasteiger charge is -2.26. The van der Waals surface area contributed by atoms with Crippen LogP contribution in [-0.4, -0.2) is 18.4 Å². The number of carbonyl (C=O) groups excluding carboxylic acids is 1. The van der Waals surface area contributed by atoms with E-state index < -0.39 is 0 Å². The van der Waals surface area contributed by atoms with Gasteiger partial charge >= 0.3 is 0 Å². The summed E-state index contributed by atoms with van der Waals surface area (Å²) in [4.78, 5) is 14.1. The maximum absolute atomic E-state index is 11.6. The van der Waals surface area contributed by atoms with Crippen LogP contribution in [0.2, 0.25) is 0 Å². The Hall–Kier alpha value is -1.31. The van der Waals surface area contributed by atoms with Crippen LogP contribution in [0.15, 0.2) is 24.3 Å². The first kappa shape index (κ1) is 13.1. The lowest BCUT2D eigenvalue weighted by molar-refractivity contribution is 0.0988. The van der Waals surface area contributed by atoms with E-state index in [0.29, 0.717) is 12.3 Å². The fourth-order valence-electron chi connectivity index (χ4n) is 2.29. The molecule has 2 nitrogen and oxygen atoms in total. The SMILES string of the molecule is CCC(=O)c1ccc(N(CC(C)C)C2CC2)cc1. The Morgan fingerprint density at radius 1 is 1.28 bits per heavy atom. The summed E-state index contributed by atoms with van der Waals surface area (Å²) in [5.41, 5.74) is 2.10. The second-order valence-electron chi connectivity index (χ2n) is 5.60. The average Bonchev–Trinajstić information content (AvgIpc) is 3.19. The lowest BCUT2D eigenvalue weighted by Crippen LogP contribution is -2.29. The van der Waals surface area contributed by atoms with Crippen molar-refractivity contribution in [3.05, 3.63) is 29.8 Å². The number of rotatable bonds is 6. The molecule has 0 spiro atoms. The topological polar surface area (TPSA) is 20.3 Å². The van der Waals surface area contributed by atoms with Gasteiger partial charge in [0.2, 0.25) is 0 Å². The molecule has 18 heavy (non-hydrogen) atoms. The van der Waals surface area contributed by atoms with Gasteiger partial charge in [-0.05, 0) is 43.0 Å². The molecule has 0 bridgehead atoms. The summed E-state index contributed by atoms with van der Waals surface area (Å²) in [6.45, 7) is 7.52. The number of benzene rings is 1. The Kier molecular flexibility index (Phi) is 4.05. The Morgan fingerprint density at radius 3 is 2.33 bits per heavy atom. The molecule has 98 valence electrons. The van der Waals surface area contributed by atoms with E-state index in [1.807, 2.05) is 19.1 Å². The van der Waals surface area contributed by atoms with Gasteiger partial charge in [0.25, 0.3) is 0 Å². The lowest BCUT2D eigenvalue weighted by atomic mass is 10.1. The zero-order valence-corrected chi connectivity index (χ0v) is 11.6. The first-order valence-corrected chi connectivity index (χ1v) is 7.01. The molecule has 1 aliphatic rings. The van der Waals surface area contributed by atoms with Gasteiger partial charge in [-0.1, -0.05) is 20.8 Å². The minimum atomic E-state index is 0.225. The minimum absolute atomic E-state index is 0.225. The fraction of sp³-hybridized carbons (Fsp3) is 0.562. The van der Waals surface area contributed by atoms with Crippen LogP contribution in [0.25, 0.3) is 0 Å². The van der Waals surface area contributed by atoms with Gasteiger partial charge in [-0.15, -0.1) is 0 Å². The summed E-state index contributed by atoms with van der Waals surface area (Å²) in [5, 5.41) is 0. The molecule has 1 aliphatic carbocycles. The highest BCUT2D eigenvalue weighted by Gasteiger charge is 2.29. The molecule has 1 aromatic carbocycles. The van der Waals surface area contributed by atoms with E-state index in [1.54, 1.807) is 0 Å². The van der Waals surface area contributed by atoms with Gasteiger partial charge in [-0.2, -0.15) is 0 Å². The molecule has 0 N–H and O–H groups in total. The molecule has 0 unspecified atom stereocenters. The van der Waals surface area contributed by atoms with Gasteiger partial charge in [-0.25, -0.2) is 0 Å². The van der Waals surface area contributed by atoms with Gasteiger partial charge in [-0.3, -0.25) is 4.79 Å². The Labute approximate surface area is 110 Å². The highest BCUT2D eigenvalue weighted by atomic mass is 16.1. The van der Waals surface area contributed by atoms with Crippen LogP contribution < -0.4 is 4.90 Å². The van der Waals surface area contributed by atoms with Crippen molar-refractivity contribution in [2.75, 3.05) is 11.4 Å². The predicted octanol–water partition coefficient (Wildman–Crippen LogP) is 3.90. The second-order valence-corrected chi connectivity index (χ2v) is 5.60. The molecular weight excluding hydrogens is 222 g/mol. The van der Waals surface area contributed by atoms with E-state index in [2.05, 4.69) is 30.9 Å². The van der Waals surface area contributed by atoms with Crippen LogP contribution in [-0.2, 0) is 0 Å². The van der Waals surface area contributed by atoms with Gasteiger partial charge < -0.3 is 4.90 Å². The number of ketones is 1. The molecule has 1 fully saturated rings. The zero-order chi connectivity index (χ0) is 13.1. The van der Waals surface area contributed by atoms with Crippen LogP contribution in [0.3, 0.4) is 0 Å². The Balaban J connectivity index is 2.13. The quantitative estimate of drug-likeness (QED) is 0.708. The number of hydrogen-bond acceptors (Lipinski definition) is 2. The Morgan fingerprint density at radius 2 is 1.89 bits per heavy atom. The minimum Gasteiger partial charge on any atom is -0.368 e. The van der Waals surface area contributed by atoms with Crippen LogP contribution in [0.1, 0.15) is 50.4 Å². The summed E-state index contributed by atoms with van der Waals surface area (Å²) in [6, 6.07) is 8.86. The number of hydrogen-bond donors (Lipinski definition) is 0. The second kappa shape index (κ2) is 5.55. The van der Waals surface area contributed by atoms with E-state index in [1.165, 1.54) is 18.5 Å². The molecule has 0 heterocycles. The third-order valence-electron chi connectivity index (χ3n) is 3.39. The van der Waals surface area contributed by atoms with Gasteiger partial charge in [0.15, 0.2) is 5.78 Å². The summed E-state index contributed by atoms with van der Waals surface area (Å²) in [6.07, 6.45) is 3.20. The molecule has 0 aliphatic heterocycles. The molecule has 1 aromatic rings. The van der Waals surface area contributed by atoms with Crippen LogP contribution in [0.4, 0.5) is 5.69 Å². The van der Waals surface area contributed by atoms with Gasteiger partial charge in [0.1, 0.15) is 0 Å². The normalized spacial score (nSPS) is 14.9. The fourth-order valence-corrected chi connectivity index (χ4v) is 2.29. The first-order chi connectivity index (χ1) is 8.61. The van der Waals surface area contributed by atoms with E-state index >= 15 is 0 Å². The van der Waals surface area contributed by atoms with Crippen molar-refractivity contribution in [2.24, 2.45) is 5.92 Å². The standard InChI is InChI=1S/C16H23NO/c1-4-16(18)13-5-7-14(8-6-13)17(11-12(2)3)15-9-10-15/h5-8,12,15H,4,9-11H2,1-3H3. The summed E-state index contributed by atoms with van der Waals surface area (Å²) >= 11 is 0. The molecular formula is C16H23NO. The molecule has 1 saturated carbocycles. The smallest absolute Gasteiger partial charge is 0.162 e. The predicted molar refractivity (Wildman–Crippen MR) is 76.3 cm³/mol. The summed E-state index contributed by atoms with van der Waals surface area (Å²) in [7, 11) is 0. The molecule has 2 rings (SSSR count). The third kappa shape index (κ3) is 3.12. The summed E-state index contributed by atoms with van der Waals surface area (Å²) < 4.78 is 0. The maximum atomic E-state index is 11.6. The van der Waals surface area contributed by atoms with E-state index in [4.69, 9.17) is 0 Å². The number of carbonyl (C=O) groups is 1. The average molecular weight is 245 g/mol. The highest BCUT2D eigenvalue weighted by molar-refractivity contribution is 5.96. The Bertz CT molecular complexity index is 404. The third-order valence-corrected chi connectivity index (χ3v) is 3.39. The van der Waals surface area contributed by atoms with E-state index in [-0.39, 0.29) is 5.78 Å². The number of Topliss-reactive ketones (excluding diaryl/α,β-unsaturated/α-hetero) is 1. The molecule has 2 heteroatoms. The van der Waals surface area contributed by atoms with Gasteiger partial charge in [0.05, 0.1) is 0 Å².